The number of hydrogen-bond acceptors (Lipinski definition) is 4. The van der Waals surface area contributed by atoms with Crippen molar-refractivity contribution in [2.45, 2.75) is 38.3 Å². The zero-order valence-corrected chi connectivity index (χ0v) is 18.0. The van der Waals surface area contributed by atoms with Gasteiger partial charge in [-0.3, -0.25) is 14.7 Å². The van der Waals surface area contributed by atoms with Crippen LogP contribution in [0.1, 0.15) is 24.1 Å². The average Bonchev–Trinajstić information content (AvgIpc) is 2.79. The first-order valence-corrected chi connectivity index (χ1v) is 11.1. The fourth-order valence-electron chi connectivity index (χ4n) is 4.73. The number of halogens is 3. The second kappa shape index (κ2) is 10.0. The van der Waals surface area contributed by atoms with Crippen LogP contribution in [0.2, 0.25) is 0 Å². The third-order valence-electron chi connectivity index (χ3n) is 6.49. The molecule has 5 nitrogen and oxygen atoms in total. The van der Waals surface area contributed by atoms with Crippen molar-refractivity contribution in [3.8, 4) is 11.1 Å². The minimum absolute atomic E-state index is 0.153. The molecule has 32 heavy (non-hydrogen) atoms. The molecular weight excluding hydrogens is 417 g/mol. The first-order valence-electron chi connectivity index (χ1n) is 11.1. The first kappa shape index (κ1) is 22.7. The molecule has 1 amide bonds. The van der Waals surface area contributed by atoms with Crippen LogP contribution in [0.25, 0.3) is 11.1 Å². The van der Waals surface area contributed by atoms with Crippen LogP contribution in [0.5, 0.6) is 0 Å². The summed E-state index contributed by atoms with van der Waals surface area (Å²) in [5, 5.41) is 5.46. The maximum Gasteiger partial charge on any atom is 0.315 e. The maximum atomic E-state index is 13.1. The molecule has 172 valence electrons. The molecular formula is C24H29F3N4O. The van der Waals surface area contributed by atoms with Gasteiger partial charge >= 0.3 is 6.43 Å². The first-order chi connectivity index (χ1) is 15.5. The van der Waals surface area contributed by atoms with E-state index in [0.29, 0.717) is 5.41 Å². The second-order valence-corrected chi connectivity index (χ2v) is 8.99. The zero-order chi connectivity index (χ0) is 22.6. The molecule has 0 aliphatic carbocycles. The lowest BCUT2D eigenvalue weighted by Crippen LogP contribution is -2.59. The molecule has 3 heterocycles. The Morgan fingerprint density at radius 1 is 1.09 bits per heavy atom. The van der Waals surface area contributed by atoms with Gasteiger partial charge in [0.15, 0.2) is 0 Å². The van der Waals surface area contributed by atoms with Crippen molar-refractivity contribution in [2.24, 2.45) is 5.41 Å². The van der Waals surface area contributed by atoms with Crippen molar-refractivity contribution in [3.05, 3.63) is 53.9 Å². The Bertz CT molecular complexity index is 890. The molecule has 0 saturated carbocycles. The number of amides is 1. The zero-order valence-electron chi connectivity index (χ0n) is 18.0. The van der Waals surface area contributed by atoms with Gasteiger partial charge < -0.3 is 10.6 Å². The fraction of sp³-hybridized carbons (Fsp3) is 0.500. The predicted octanol–water partition coefficient (Wildman–Crippen LogP) is 3.20. The summed E-state index contributed by atoms with van der Waals surface area (Å²) in [6, 6.07) is 10.6. The molecule has 2 aliphatic rings. The number of benzene rings is 1. The van der Waals surface area contributed by atoms with E-state index in [4.69, 9.17) is 0 Å². The predicted molar refractivity (Wildman–Crippen MR) is 117 cm³/mol. The Morgan fingerprint density at radius 3 is 2.38 bits per heavy atom. The van der Waals surface area contributed by atoms with Crippen LogP contribution in [-0.2, 0) is 17.8 Å². The summed E-state index contributed by atoms with van der Waals surface area (Å²) in [5.74, 6) is -1.44. The Hall–Kier alpha value is -2.45. The molecule has 1 unspecified atom stereocenters. The van der Waals surface area contributed by atoms with Gasteiger partial charge in [-0.1, -0.05) is 30.3 Å². The number of piperidine rings is 1. The highest BCUT2D eigenvalue weighted by molar-refractivity contribution is 5.79. The van der Waals surface area contributed by atoms with Crippen molar-refractivity contribution in [2.75, 3.05) is 32.9 Å². The number of hydrogen-bond donors (Lipinski definition) is 2. The monoisotopic (exact) mass is 446 g/mol. The van der Waals surface area contributed by atoms with Crippen LogP contribution < -0.4 is 10.6 Å². The highest BCUT2D eigenvalue weighted by Gasteiger charge is 2.43. The van der Waals surface area contributed by atoms with Gasteiger partial charge in [-0.15, -0.1) is 0 Å². The van der Waals surface area contributed by atoms with Crippen LogP contribution >= 0.6 is 0 Å². The number of nitrogens with one attached hydrogen (secondary N) is 2. The lowest BCUT2D eigenvalue weighted by atomic mass is 9.72. The molecule has 1 aromatic heterocycles. The van der Waals surface area contributed by atoms with Gasteiger partial charge in [-0.2, -0.15) is 8.78 Å². The Morgan fingerprint density at radius 2 is 1.78 bits per heavy atom. The summed E-state index contributed by atoms with van der Waals surface area (Å²) in [4.78, 5) is 18.2. The molecule has 8 heteroatoms. The van der Waals surface area contributed by atoms with E-state index in [0.717, 1.165) is 55.1 Å². The van der Waals surface area contributed by atoms with E-state index in [1.807, 2.05) is 41.8 Å². The van der Waals surface area contributed by atoms with Crippen molar-refractivity contribution >= 4 is 5.91 Å². The summed E-state index contributed by atoms with van der Waals surface area (Å²) in [6.07, 6.45) is 1.39. The third-order valence-corrected chi connectivity index (χ3v) is 6.49. The van der Waals surface area contributed by atoms with Crippen LogP contribution in [-0.4, -0.2) is 61.1 Å². The molecule has 2 aliphatic heterocycles. The van der Waals surface area contributed by atoms with Crippen LogP contribution in [0.15, 0.2) is 42.6 Å². The van der Waals surface area contributed by atoms with E-state index in [1.165, 1.54) is 12.8 Å². The summed E-state index contributed by atoms with van der Waals surface area (Å²) in [6.45, 7) is 4.51. The number of pyridine rings is 1. The minimum Gasteiger partial charge on any atom is -0.345 e. The lowest BCUT2D eigenvalue weighted by Gasteiger charge is -2.52. The summed E-state index contributed by atoms with van der Waals surface area (Å²) >= 11 is 0. The molecule has 4 rings (SSSR count). The van der Waals surface area contributed by atoms with E-state index in [9.17, 15) is 18.0 Å². The molecule has 0 radical (unpaired) electrons. The van der Waals surface area contributed by atoms with E-state index in [2.05, 4.69) is 21.3 Å². The van der Waals surface area contributed by atoms with E-state index in [1.54, 1.807) is 0 Å². The van der Waals surface area contributed by atoms with E-state index in [-0.39, 0.29) is 6.42 Å². The topological polar surface area (TPSA) is 57.3 Å². The molecule has 2 fully saturated rings. The van der Waals surface area contributed by atoms with E-state index < -0.39 is 25.0 Å². The average molecular weight is 447 g/mol. The smallest absolute Gasteiger partial charge is 0.315 e. The second-order valence-electron chi connectivity index (χ2n) is 8.99. The number of alkyl halides is 3. The molecule has 2 aromatic rings. The molecule has 1 aromatic carbocycles. The van der Waals surface area contributed by atoms with Crippen molar-refractivity contribution in [1.82, 2.24) is 20.5 Å². The number of carbonyl (C=O) groups is 1. The van der Waals surface area contributed by atoms with Gasteiger partial charge in [0.1, 0.15) is 6.67 Å². The van der Waals surface area contributed by atoms with Crippen molar-refractivity contribution in [1.29, 1.82) is 0 Å². The highest BCUT2D eigenvalue weighted by atomic mass is 19.3. The number of likely N-dealkylation sites (tertiary alicyclic amines) is 1. The Kier molecular flexibility index (Phi) is 7.10. The standard InChI is InChI=1S/C24H29F3N4O/c25-12-21(30-23(32)22(26)27)11-17-1-3-18(4-2-17)19-5-6-20(29-13-19)14-31-15-24(16-31)7-9-28-10-8-24/h1-6,13,21-22,28H,7-12,14-16H2,(H,30,32). The molecule has 0 bridgehead atoms. The number of rotatable bonds is 8. The number of nitrogens with zero attached hydrogens (tertiary/aromatic N) is 2. The Balaban J connectivity index is 1.30. The minimum atomic E-state index is -3.14. The molecule has 2 saturated heterocycles. The van der Waals surface area contributed by atoms with Gasteiger partial charge in [0, 0.05) is 31.4 Å². The normalized spacial score (nSPS) is 19.0. The lowest BCUT2D eigenvalue weighted by molar-refractivity contribution is -0.132. The quantitative estimate of drug-likeness (QED) is 0.654. The van der Waals surface area contributed by atoms with Crippen LogP contribution in [0, 0.1) is 5.41 Å². The van der Waals surface area contributed by atoms with E-state index >= 15 is 0 Å². The fourth-order valence-corrected chi connectivity index (χ4v) is 4.73. The van der Waals surface area contributed by atoms with Crippen molar-refractivity contribution < 1.29 is 18.0 Å². The van der Waals surface area contributed by atoms with Gasteiger partial charge in [0.2, 0.25) is 0 Å². The Labute approximate surface area is 186 Å². The van der Waals surface area contributed by atoms with Crippen LogP contribution in [0.4, 0.5) is 13.2 Å². The number of aromatic nitrogens is 1. The van der Waals surface area contributed by atoms with Crippen LogP contribution in [0.3, 0.4) is 0 Å². The molecule has 1 atom stereocenters. The van der Waals surface area contributed by atoms with Gasteiger partial charge in [-0.05, 0) is 55.0 Å². The SMILES string of the molecule is O=C(NC(CF)Cc1ccc(-c2ccc(CN3CC4(CCNCC4)C3)nc2)cc1)C(F)F. The third kappa shape index (κ3) is 5.48. The summed E-state index contributed by atoms with van der Waals surface area (Å²) < 4.78 is 37.8. The molecule has 1 spiro atoms. The van der Waals surface area contributed by atoms with Gasteiger partial charge in [0.05, 0.1) is 11.7 Å². The largest absolute Gasteiger partial charge is 0.345 e. The van der Waals surface area contributed by atoms with Gasteiger partial charge in [0.25, 0.3) is 5.91 Å². The molecule has 2 N–H and O–H groups in total. The highest BCUT2D eigenvalue weighted by Crippen LogP contribution is 2.39. The summed E-state index contributed by atoms with van der Waals surface area (Å²) in [5.41, 5.74) is 4.27. The summed E-state index contributed by atoms with van der Waals surface area (Å²) in [7, 11) is 0. The van der Waals surface area contributed by atoms with Gasteiger partial charge in [-0.25, -0.2) is 4.39 Å². The van der Waals surface area contributed by atoms with Crippen molar-refractivity contribution in [3.63, 3.8) is 0 Å². The maximum absolute atomic E-state index is 13.1. The number of carbonyl (C=O) groups excluding carboxylic acids is 1.